The number of rotatable bonds is 6. The molecule has 5 nitrogen and oxygen atoms in total. The summed E-state index contributed by atoms with van der Waals surface area (Å²) in [5.74, 6) is -1.78. The highest BCUT2D eigenvalue weighted by molar-refractivity contribution is 7.10. The fourth-order valence-electron chi connectivity index (χ4n) is 4.28. The van der Waals surface area contributed by atoms with Crippen LogP contribution in [-0.4, -0.2) is 36.3 Å². The number of benzene rings is 1. The first kappa shape index (κ1) is 29.5. The normalized spacial score (nSPS) is 17.6. The summed E-state index contributed by atoms with van der Waals surface area (Å²) in [5, 5.41) is -0.0992. The molecule has 0 saturated carbocycles. The zero-order valence-electron chi connectivity index (χ0n) is 21.1. The third-order valence-corrected chi connectivity index (χ3v) is 7.69. The average Bonchev–Trinajstić information content (AvgIpc) is 3.49. The number of hydrogen-bond donors (Lipinski definition) is 2. The lowest BCUT2D eigenvalue weighted by molar-refractivity contribution is -0.0980. The van der Waals surface area contributed by atoms with Crippen LogP contribution in [0, 0.1) is 29.1 Å². The second kappa shape index (κ2) is 13.0. The number of anilines is 1. The van der Waals surface area contributed by atoms with Crippen LogP contribution in [0.4, 0.5) is 18.9 Å². The number of nitrogen functional groups attached to an aromatic ring is 1. The van der Waals surface area contributed by atoms with E-state index < -0.39 is 11.6 Å². The first-order chi connectivity index (χ1) is 17.0. The molecule has 1 aliphatic heterocycles. The van der Waals surface area contributed by atoms with Crippen molar-refractivity contribution in [3.8, 4) is 0 Å². The van der Waals surface area contributed by atoms with E-state index in [9.17, 15) is 13.2 Å². The smallest absolute Gasteiger partial charge is 0.176 e. The molecule has 0 aliphatic carbocycles. The topological polar surface area (TPSA) is 85.2 Å². The molecule has 3 heterocycles. The summed E-state index contributed by atoms with van der Waals surface area (Å²) < 4.78 is 37.4. The Kier molecular flexibility index (Phi) is 10.6. The van der Waals surface area contributed by atoms with Crippen LogP contribution < -0.4 is 11.5 Å². The van der Waals surface area contributed by atoms with Gasteiger partial charge in [0, 0.05) is 34.5 Å². The van der Waals surface area contributed by atoms with E-state index in [0.29, 0.717) is 6.54 Å². The van der Waals surface area contributed by atoms with Gasteiger partial charge in [0.1, 0.15) is 6.79 Å². The van der Waals surface area contributed by atoms with Crippen LogP contribution in [0.1, 0.15) is 42.8 Å². The van der Waals surface area contributed by atoms with E-state index in [1.807, 2.05) is 26.0 Å². The molecule has 1 atom stereocenters. The maximum Gasteiger partial charge on any atom is 0.176 e. The molecule has 1 fully saturated rings. The Balaban J connectivity index is 0.000000347. The SMILES string of the molecule is C=O.Cc1ccc(C(C)(C)N2CCC(CN)(CCc3ccc(F)s3)C2)cn1.Nc1ccc(F)c(F)c1. The molecule has 36 heavy (non-hydrogen) atoms. The maximum atomic E-state index is 13.2. The number of halogens is 3. The maximum absolute atomic E-state index is 13.2. The number of aromatic nitrogens is 1. The van der Waals surface area contributed by atoms with Crippen molar-refractivity contribution in [2.75, 3.05) is 25.4 Å². The second-order valence-electron chi connectivity index (χ2n) is 9.50. The predicted molar refractivity (Wildman–Crippen MR) is 140 cm³/mol. The predicted octanol–water partition coefficient (Wildman–Crippen LogP) is 5.47. The van der Waals surface area contributed by atoms with Crippen molar-refractivity contribution in [3.05, 3.63) is 81.6 Å². The lowest BCUT2D eigenvalue weighted by Crippen LogP contribution is -2.43. The molecule has 4 rings (SSSR count). The molecule has 0 bridgehead atoms. The van der Waals surface area contributed by atoms with E-state index in [0.717, 1.165) is 55.1 Å². The third-order valence-electron chi connectivity index (χ3n) is 6.75. The van der Waals surface area contributed by atoms with Gasteiger partial charge in [0.15, 0.2) is 16.8 Å². The number of nitrogens with zero attached hydrogens (tertiary/aromatic N) is 2. The molecule has 0 amide bonds. The fourth-order valence-corrected chi connectivity index (χ4v) is 5.01. The highest BCUT2D eigenvalue weighted by atomic mass is 32.1. The van der Waals surface area contributed by atoms with E-state index in [4.69, 9.17) is 16.3 Å². The highest BCUT2D eigenvalue weighted by Gasteiger charge is 2.42. The van der Waals surface area contributed by atoms with Crippen molar-refractivity contribution in [2.45, 2.75) is 45.6 Å². The Morgan fingerprint density at radius 3 is 2.36 bits per heavy atom. The summed E-state index contributed by atoms with van der Waals surface area (Å²) in [6.45, 7) is 11.2. The van der Waals surface area contributed by atoms with Crippen LogP contribution in [0.2, 0.25) is 0 Å². The zero-order valence-corrected chi connectivity index (χ0v) is 21.9. The Labute approximate surface area is 215 Å². The molecule has 0 spiro atoms. The van der Waals surface area contributed by atoms with E-state index in [-0.39, 0.29) is 21.8 Å². The zero-order chi connectivity index (χ0) is 26.9. The number of pyridine rings is 1. The van der Waals surface area contributed by atoms with Crippen LogP contribution in [0.15, 0.2) is 48.7 Å². The number of thiophene rings is 1. The minimum Gasteiger partial charge on any atom is -0.399 e. The van der Waals surface area contributed by atoms with Gasteiger partial charge in [0.25, 0.3) is 0 Å². The molecule has 1 unspecified atom stereocenters. The highest BCUT2D eigenvalue weighted by Crippen LogP contribution is 2.41. The third kappa shape index (κ3) is 7.62. The molecule has 0 radical (unpaired) electrons. The van der Waals surface area contributed by atoms with Gasteiger partial charge in [-0.05, 0) is 100 Å². The standard InChI is InChI=1S/C20H28FN3S.C6H5F2N.CH2O/c1-15-4-5-16(12-23-15)19(2,3)24-11-10-20(13-22,14-24)9-8-17-6-7-18(21)25-17;7-5-2-1-4(9)3-6(5)8;1-2/h4-7,12H,8-11,13-14,22H2,1-3H3;1-3H,9H2;1H2. The van der Waals surface area contributed by atoms with Crippen LogP contribution in [0.3, 0.4) is 0 Å². The number of aryl methyl sites for hydroxylation is 2. The minimum atomic E-state index is -0.907. The molecular formula is C27H35F3N4OS. The van der Waals surface area contributed by atoms with Crippen molar-refractivity contribution in [1.29, 1.82) is 0 Å². The molecule has 1 aromatic carbocycles. The van der Waals surface area contributed by atoms with E-state index in [2.05, 4.69) is 35.9 Å². The summed E-state index contributed by atoms with van der Waals surface area (Å²) in [4.78, 5) is 16.1. The molecule has 9 heteroatoms. The van der Waals surface area contributed by atoms with Gasteiger partial charge >= 0.3 is 0 Å². The molecule has 2 aromatic heterocycles. The monoisotopic (exact) mass is 520 g/mol. The summed E-state index contributed by atoms with van der Waals surface area (Å²) >= 11 is 1.26. The average molecular weight is 521 g/mol. The van der Waals surface area contributed by atoms with Crippen molar-refractivity contribution < 1.29 is 18.0 Å². The number of carbonyl (C=O) groups excluding carboxylic acids is 1. The summed E-state index contributed by atoms with van der Waals surface area (Å²) in [6.07, 6.45) is 5.01. The Hall–Kier alpha value is -2.75. The summed E-state index contributed by atoms with van der Waals surface area (Å²) in [5.41, 5.74) is 13.9. The van der Waals surface area contributed by atoms with Crippen molar-refractivity contribution in [1.82, 2.24) is 9.88 Å². The number of carbonyl (C=O) groups is 1. The van der Waals surface area contributed by atoms with Gasteiger partial charge in [-0.2, -0.15) is 4.39 Å². The molecular weight excluding hydrogens is 485 g/mol. The van der Waals surface area contributed by atoms with Crippen molar-refractivity contribution >= 4 is 23.8 Å². The molecule has 4 N–H and O–H groups in total. The van der Waals surface area contributed by atoms with Crippen molar-refractivity contribution in [2.24, 2.45) is 11.1 Å². The Bertz CT molecular complexity index is 1110. The summed E-state index contributed by atoms with van der Waals surface area (Å²) in [7, 11) is 0. The minimum absolute atomic E-state index is 0.0628. The van der Waals surface area contributed by atoms with Crippen LogP contribution >= 0.6 is 11.3 Å². The largest absolute Gasteiger partial charge is 0.399 e. The lowest BCUT2D eigenvalue weighted by atomic mass is 9.82. The Morgan fingerprint density at radius 2 is 1.83 bits per heavy atom. The first-order valence-electron chi connectivity index (χ1n) is 11.7. The Morgan fingerprint density at radius 1 is 1.11 bits per heavy atom. The summed E-state index contributed by atoms with van der Waals surface area (Å²) in [6, 6.07) is 11.0. The lowest BCUT2D eigenvalue weighted by Gasteiger charge is -2.38. The van der Waals surface area contributed by atoms with Crippen LogP contribution in [0.25, 0.3) is 0 Å². The molecule has 1 saturated heterocycles. The van der Waals surface area contributed by atoms with Crippen LogP contribution in [-0.2, 0) is 16.8 Å². The number of nitrogens with two attached hydrogens (primary N) is 2. The first-order valence-corrected chi connectivity index (χ1v) is 12.5. The van der Waals surface area contributed by atoms with E-state index in [1.54, 1.807) is 6.07 Å². The molecule has 3 aromatic rings. The van der Waals surface area contributed by atoms with Gasteiger partial charge in [-0.3, -0.25) is 9.88 Å². The van der Waals surface area contributed by atoms with Gasteiger partial charge < -0.3 is 16.3 Å². The second-order valence-corrected chi connectivity index (χ2v) is 10.6. The number of hydrogen-bond acceptors (Lipinski definition) is 6. The van der Waals surface area contributed by atoms with Gasteiger partial charge in [-0.1, -0.05) is 6.07 Å². The van der Waals surface area contributed by atoms with Gasteiger partial charge in [0.2, 0.25) is 0 Å². The van der Waals surface area contributed by atoms with Gasteiger partial charge in [-0.15, -0.1) is 11.3 Å². The fraction of sp³-hybridized carbons (Fsp3) is 0.407. The molecule has 1 aliphatic rings. The van der Waals surface area contributed by atoms with Crippen LogP contribution in [0.5, 0.6) is 0 Å². The molecule has 196 valence electrons. The van der Waals surface area contributed by atoms with Gasteiger partial charge in [0.05, 0.1) is 0 Å². The van der Waals surface area contributed by atoms with E-state index >= 15 is 0 Å². The van der Waals surface area contributed by atoms with Gasteiger partial charge in [-0.25, -0.2) is 8.78 Å². The van der Waals surface area contributed by atoms with E-state index in [1.165, 1.54) is 23.0 Å². The quantitative estimate of drug-likeness (QED) is 0.421. The number of likely N-dealkylation sites (tertiary alicyclic amines) is 1. The van der Waals surface area contributed by atoms with Crippen molar-refractivity contribution in [3.63, 3.8) is 0 Å².